The average molecular weight is 621 g/mol. The van der Waals surface area contributed by atoms with Gasteiger partial charge in [-0.3, -0.25) is 0 Å². The zero-order valence-corrected chi connectivity index (χ0v) is 27.9. The van der Waals surface area contributed by atoms with E-state index < -0.39 is 5.41 Å². The first-order valence-electron chi connectivity index (χ1n) is 16.5. The first-order chi connectivity index (χ1) is 23.5. The molecule has 0 aliphatic carbocycles. The van der Waals surface area contributed by atoms with E-state index in [4.69, 9.17) is 0 Å². The van der Waals surface area contributed by atoms with Gasteiger partial charge in [0.05, 0.1) is 16.4 Å². The standard InChI is InChI=1S/C26H23N.C20H17N/c1-4-22-24(5-2)27(3)25-19-13-12-18-23(25)26(22,20-14-8-6-9-15-20)21-16-10-7-11-17-21;1-14-8-10-19-17(12-14)18-13-15(2)9-11-20(18)21(19)16-6-4-3-5-7-16/h4-19H,1-2H2,3H3;3-13H,1-2H3. The van der Waals surface area contributed by atoms with Crippen molar-refractivity contribution >= 4 is 27.5 Å². The van der Waals surface area contributed by atoms with Crippen molar-refractivity contribution in [2.24, 2.45) is 0 Å². The van der Waals surface area contributed by atoms with E-state index >= 15 is 0 Å². The summed E-state index contributed by atoms with van der Waals surface area (Å²) in [5.41, 5.74) is 13.1. The molecule has 0 radical (unpaired) electrons. The predicted molar refractivity (Wildman–Crippen MR) is 205 cm³/mol. The molecule has 0 N–H and O–H groups in total. The van der Waals surface area contributed by atoms with Crippen LogP contribution in [0.3, 0.4) is 0 Å². The zero-order valence-electron chi connectivity index (χ0n) is 27.9. The third kappa shape index (κ3) is 4.98. The summed E-state index contributed by atoms with van der Waals surface area (Å²) in [4.78, 5) is 2.21. The smallest absolute Gasteiger partial charge is 0.0741 e. The first-order valence-corrected chi connectivity index (χ1v) is 16.5. The molecule has 0 fully saturated rings. The van der Waals surface area contributed by atoms with Gasteiger partial charge in [0.1, 0.15) is 0 Å². The Hall–Kier alpha value is -5.86. The summed E-state index contributed by atoms with van der Waals surface area (Å²) in [7, 11) is 2.10. The van der Waals surface area contributed by atoms with Crippen LogP contribution in [0.25, 0.3) is 27.5 Å². The summed E-state index contributed by atoms with van der Waals surface area (Å²) in [5, 5.41) is 2.66. The maximum Gasteiger partial charge on any atom is 0.0741 e. The highest BCUT2D eigenvalue weighted by atomic mass is 15.1. The lowest BCUT2D eigenvalue weighted by atomic mass is 9.62. The molecule has 0 unspecified atom stereocenters. The van der Waals surface area contributed by atoms with Gasteiger partial charge in [-0.1, -0.05) is 140 Å². The van der Waals surface area contributed by atoms with Crippen LogP contribution in [0, 0.1) is 13.8 Å². The van der Waals surface area contributed by atoms with E-state index in [0.717, 1.165) is 11.3 Å². The molecule has 1 aliphatic rings. The van der Waals surface area contributed by atoms with E-state index in [1.807, 2.05) is 12.2 Å². The van der Waals surface area contributed by atoms with Crippen molar-refractivity contribution in [2.75, 3.05) is 11.9 Å². The fraction of sp³-hybridized carbons (Fsp3) is 0.0870. The van der Waals surface area contributed by atoms with Gasteiger partial charge in [0.2, 0.25) is 0 Å². The lowest BCUT2D eigenvalue weighted by Gasteiger charge is -2.45. The summed E-state index contributed by atoms with van der Waals surface area (Å²) in [6.45, 7) is 12.6. The van der Waals surface area contributed by atoms with Gasteiger partial charge in [0, 0.05) is 34.9 Å². The van der Waals surface area contributed by atoms with E-state index in [1.165, 1.54) is 61.0 Å². The van der Waals surface area contributed by atoms with E-state index in [1.54, 1.807) is 0 Å². The summed E-state index contributed by atoms with van der Waals surface area (Å²) >= 11 is 0. The maximum absolute atomic E-state index is 4.20. The van der Waals surface area contributed by atoms with Crippen LogP contribution in [0.4, 0.5) is 5.69 Å². The van der Waals surface area contributed by atoms with Crippen molar-refractivity contribution in [3.05, 3.63) is 216 Å². The van der Waals surface area contributed by atoms with Gasteiger partial charge in [0.25, 0.3) is 0 Å². The third-order valence-corrected chi connectivity index (χ3v) is 9.61. The number of likely N-dealkylation sites (N-methyl/N-ethyl adjacent to an activating group) is 1. The van der Waals surface area contributed by atoms with Crippen LogP contribution in [-0.2, 0) is 5.41 Å². The SMILES string of the molecule is C=CC1=C(C=C)C(c2ccccc2)(c2ccccc2)c2ccccc2N1C.Cc1ccc2c(c1)c1cc(C)ccc1n2-c1ccccc1. The highest BCUT2D eigenvalue weighted by Gasteiger charge is 2.45. The second kappa shape index (κ2) is 12.7. The number of allylic oxidation sites excluding steroid dienone is 3. The van der Waals surface area contributed by atoms with Crippen molar-refractivity contribution < 1.29 is 0 Å². The van der Waals surface area contributed by atoms with Gasteiger partial charge in [0.15, 0.2) is 0 Å². The van der Waals surface area contributed by atoms with Crippen LogP contribution < -0.4 is 4.90 Å². The molecular weight excluding hydrogens is 581 g/mol. The van der Waals surface area contributed by atoms with Crippen molar-refractivity contribution in [1.82, 2.24) is 4.57 Å². The zero-order chi connectivity index (χ0) is 33.3. The molecule has 0 atom stereocenters. The molecule has 7 aromatic rings. The minimum atomic E-state index is -0.434. The fourth-order valence-electron chi connectivity index (χ4n) is 7.51. The molecule has 0 bridgehead atoms. The highest BCUT2D eigenvalue weighted by molar-refractivity contribution is 6.09. The summed E-state index contributed by atoms with van der Waals surface area (Å²) in [6, 6.07) is 54.0. The molecule has 1 aromatic heterocycles. The van der Waals surface area contributed by atoms with Crippen LogP contribution in [0.1, 0.15) is 27.8 Å². The number of para-hydroxylation sites is 2. The van der Waals surface area contributed by atoms with Crippen LogP contribution in [0.2, 0.25) is 0 Å². The Morgan fingerprint density at radius 3 is 1.52 bits per heavy atom. The topological polar surface area (TPSA) is 8.17 Å². The number of benzene rings is 6. The van der Waals surface area contributed by atoms with Gasteiger partial charge < -0.3 is 9.47 Å². The number of nitrogens with zero attached hydrogens (tertiary/aromatic N) is 2. The maximum atomic E-state index is 4.20. The fourth-order valence-corrected chi connectivity index (χ4v) is 7.51. The van der Waals surface area contributed by atoms with E-state index in [-0.39, 0.29) is 0 Å². The second-order valence-corrected chi connectivity index (χ2v) is 12.5. The molecule has 0 saturated carbocycles. The van der Waals surface area contributed by atoms with Crippen LogP contribution >= 0.6 is 0 Å². The highest BCUT2D eigenvalue weighted by Crippen LogP contribution is 2.53. The molecule has 2 heterocycles. The molecule has 1 aliphatic heterocycles. The summed E-state index contributed by atoms with van der Waals surface area (Å²) in [5.74, 6) is 0. The Kier molecular flexibility index (Phi) is 8.17. The molecular formula is C46H40N2. The average Bonchev–Trinajstić information content (AvgIpc) is 3.45. The number of hydrogen-bond donors (Lipinski definition) is 0. The Labute approximate surface area is 284 Å². The lowest BCUT2D eigenvalue weighted by Crippen LogP contribution is -2.39. The number of fused-ring (bicyclic) bond motifs is 4. The van der Waals surface area contributed by atoms with Crippen molar-refractivity contribution in [3.63, 3.8) is 0 Å². The molecule has 6 aromatic carbocycles. The molecule has 48 heavy (non-hydrogen) atoms. The van der Waals surface area contributed by atoms with Gasteiger partial charge >= 0.3 is 0 Å². The quantitative estimate of drug-likeness (QED) is 0.186. The largest absolute Gasteiger partial charge is 0.344 e. The second-order valence-electron chi connectivity index (χ2n) is 12.5. The van der Waals surface area contributed by atoms with Crippen LogP contribution in [0.15, 0.2) is 188 Å². The normalized spacial score (nSPS) is 13.5. The molecule has 0 amide bonds. The molecule has 234 valence electrons. The number of anilines is 1. The Bertz CT molecular complexity index is 2190. The van der Waals surface area contributed by atoms with Gasteiger partial charge in [-0.15, -0.1) is 0 Å². The van der Waals surface area contributed by atoms with E-state index in [0.29, 0.717) is 0 Å². The monoisotopic (exact) mass is 620 g/mol. The van der Waals surface area contributed by atoms with Crippen molar-refractivity contribution in [3.8, 4) is 5.69 Å². The van der Waals surface area contributed by atoms with Crippen LogP contribution in [0.5, 0.6) is 0 Å². The number of rotatable bonds is 5. The minimum Gasteiger partial charge on any atom is -0.344 e. The summed E-state index contributed by atoms with van der Waals surface area (Å²) < 4.78 is 2.35. The van der Waals surface area contributed by atoms with E-state index in [2.05, 4.69) is 195 Å². The van der Waals surface area contributed by atoms with Crippen molar-refractivity contribution in [1.29, 1.82) is 0 Å². The van der Waals surface area contributed by atoms with Gasteiger partial charge in [-0.25, -0.2) is 0 Å². The van der Waals surface area contributed by atoms with E-state index in [9.17, 15) is 0 Å². The minimum absolute atomic E-state index is 0.434. The molecule has 2 nitrogen and oxygen atoms in total. The molecule has 0 saturated heterocycles. The number of aromatic nitrogens is 1. The molecule has 8 rings (SSSR count). The Morgan fingerprint density at radius 2 is 1.02 bits per heavy atom. The predicted octanol–water partition coefficient (Wildman–Crippen LogP) is 11.5. The van der Waals surface area contributed by atoms with Crippen molar-refractivity contribution in [2.45, 2.75) is 19.3 Å². The summed E-state index contributed by atoms with van der Waals surface area (Å²) in [6.07, 6.45) is 3.93. The molecule has 0 spiro atoms. The lowest BCUT2D eigenvalue weighted by molar-refractivity contribution is 0.713. The Morgan fingerprint density at radius 1 is 0.542 bits per heavy atom. The van der Waals surface area contributed by atoms with Gasteiger partial charge in [-0.2, -0.15) is 0 Å². The number of aryl methyl sites for hydroxylation is 2. The first kappa shape index (κ1) is 30.8. The van der Waals surface area contributed by atoms with Gasteiger partial charge in [-0.05, 0) is 84.7 Å². The third-order valence-electron chi connectivity index (χ3n) is 9.61. The molecule has 2 heteroatoms. The van der Waals surface area contributed by atoms with Crippen LogP contribution in [-0.4, -0.2) is 11.6 Å². The Balaban J connectivity index is 0.000000156. The number of hydrogen-bond acceptors (Lipinski definition) is 1.